The second-order valence-corrected chi connectivity index (χ2v) is 3.54. The molecule has 2 aromatic rings. The minimum Gasteiger partial charge on any atom is -0.495 e. The lowest BCUT2D eigenvalue weighted by atomic mass is 10.1. The van der Waals surface area contributed by atoms with E-state index in [9.17, 15) is 4.79 Å². The summed E-state index contributed by atoms with van der Waals surface area (Å²) in [6.07, 6.45) is 4.03. The lowest BCUT2D eigenvalue weighted by Gasteiger charge is -2.09. The molecule has 0 atom stereocenters. The van der Waals surface area contributed by atoms with Crippen molar-refractivity contribution in [2.24, 2.45) is 0 Å². The number of carbonyl (C=O) groups is 1. The lowest BCUT2D eigenvalue weighted by Crippen LogP contribution is -1.92. The highest BCUT2D eigenvalue weighted by atomic mass is 16.5. The first kappa shape index (κ1) is 12.0. The second kappa shape index (κ2) is 4.83. The Morgan fingerprint density at radius 3 is 2.78 bits per heavy atom. The van der Waals surface area contributed by atoms with Gasteiger partial charge in [0.2, 0.25) is 0 Å². The average molecular weight is 248 g/mol. The van der Waals surface area contributed by atoms with Crippen LogP contribution in [0.3, 0.4) is 0 Å². The van der Waals surface area contributed by atoms with Crippen molar-refractivity contribution in [3.63, 3.8) is 0 Å². The standard InChI is InChI=1S/C13H12O5/c1-16-10-7-8(3-4-11(14)15)12(17-2)9-5-6-18-13(9)10/h3-7H,1-2H3,(H,14,15)/b4-3+. The van der Waals surface area contributed by atoms with E-state index in [1.807, 2.05) is 0 Å². The van der Waals surface area contributed by atoms with Gasteiger partial charge in [0.25, 0.3) is 0 Å². The van der Waals surface area contributed by atoms with Gasteiger partial charge in [0.1, 0.15) is 5.75 Å². The Kier molecular flexibility index (Phi) is 3.23. The zero-order valence-electron chi connectivity index (χ0n) is 9.97. The van der Waals surface area contributed by atoms with E-state index in [-0.39, 0.29) is 0 Å². The Balaban J connectivity index is 2.67. The quantitative estimate of drug-likeness (QED) is 0.842. The summed E-state index contributed by atoms with van der Waals surface area (Å²) in [4.78, 5) is 10.6. The van der Waals surface area contributed by atoms with Crippen LogP contribution in [0.25, 0.3) is 17.0 Å². The van der Waals surface area contributed by atoms with Crippen molar-refractivity contribution in [3.8, 4) is 11.5 Å². The van der Waals surface area contributed by atoms with Crippen molar-refractivity contribution in [1.29, 1.82) is 0 Å². The van der Waals surface area contributed by atoms with Crippen molar-refractivity contribution < 1.29 is 23.8 Å². The second-order valence-electron chi connectivity index (χ2n) is 3.54. The van der Waals surface area contributed by atoms with Crippen molar-refractivity contribution in [2.45, 2.75) is 0 Å². The molecule has 0 spiro atoms. The Morgan fingerprint density at radius 1 is 1.39 bits per heavy atom. The zero-order valence-corrected chi connectivity index (χ0v) is 9.97. The van der Waals surface area contributed by atoms with Crippen LogP contribution < -0.4 is 9.47 Å². The van der Waals surface area contributed by atoms with Crippen LogP contribution in [0.5, 0.6) is 11.5 Å². The van der Waals surface area contributed by atoms with Gasteiger partial charge in [-0.1, -0.05) is 0 Å². The van der Waals surface area contributed by atoms with Crippen LogP contribution in [0.1, 0.15) is 5.56 Å². The molecule has 0 radical (unpaired) electrons. The number of carboxylic acid groups (broad SMARTS) is 1. The normalized spacial score (nSPS) is 11.0. The number of hydrogen-bond donors (Lipinski definition) is 1. The summed E-state index contributed by atoms with van der Waals surface area (Å²) in [6.45, 7) is 0. The van der Waals surface area contributed by atoms with Crippen molar-refractivity contribution in [2.75, 3.05) is 14.2 Å². The Morgan fingerprint density at radius 2 is 2.17 bits per heavy atom. The molecule has 0 aliphatic rings. The monoisotopic (exact) mass is 248 g/mol. The molecule has 0 saturated carbocycles. The molecule has 1 heterocycles. The van der Waals surface area contributed by atoms with Gasteiger partial charge in [-0.05, 0) is 18.2 Å². The topological polar surface area (TPSA) is 68.9 Å². The minimum absolute atomic E-state index is 0.529. The van der Waals surface area contributed by atoms with Gasteiger partial charge in [0, 0.05) is 11.6 Å². The molecular formula is C13H12O5. The highest BCUT2D eigenvalue weighted by Gasteiger charge is 2.14. The minimum atomic E-state index is -1.02. The maximum absolute atomic E-state index is 10.6. The number of furan rings is 1. The average Bonchev–Trinajstić information content (AvgIpc) is 2.83. The predicted octanol–water partition coefficient (Wildman–Crippen LogP) is 2.55. The highest BCUT2D eigenvalue weighted by Crippen LogP contribution is 2.37. The summed E-state index contributed by atoms with van der Waals surface area (Å²) < 4.78 is 15.8. The van der Waals surface area contributed by atoms with Gasteiger partial charge in [0.15, 0.2) is 11.3 Å². The maximum atomic E-state index is 10.6. The number of hydrogen-bond acceptors (Lipinski definition) is 4. The first-order valence-corrected chi connectivity index (χ1v) is 5.20. The molecular weight excluding hydrogens is 236 g/mol. The lowest BCUT2D eigenvalue weighted by molar-refractivity contribution is -0.131. The smallest absolute Gasteiger partial charge is 0.328 e. The summed E-state index contributed by atoms with van der Waals surface area (Å²) in [5, 5.41) is 9.40. The van der Waals surface area contributed by atoms with Crippen molar-refractivity contribution in [1.82, 2.24) is 0 Å². The van der Waals surface area contributed by atoms with Gasteiger partial charge in [-0.3, -0.25) is 0 Å². The fraction of sp³-hybridized carbons (Fsp3) is 0.154. The van der Waals surface area contributed by atoms with E-state index in [4.69, 9.17) is 19.0 Å². The van der Waals surface area contributed by atoms with Gasteiger partial charge in [-0.25, -0.2) is 4.79 Å². The van der Waals surface area contributed by atoms with Crippen LogP contribution in [0.2, 0.25) is 0 Å². The summed E-state index contributed by atoms with van der Waals surface area (Å²) in [5.41, 5.74) is 1.19. The SMILES string of the molecule is COc1c(/C=C/C(=O)O)cc(OC)c2occc12. The third kappa shape index (κ3) is 2.02. The van der Waals surface area contributed by atoms with E-state index in [1.165, 1.54) is 26.6 Å². The number of methoxy groups -OCH3 is 2. The molecule has 5 heteroatoms. The van der Waals surface area contributed by atoms with Crippen LogP contribution in [0, 0.1) is 0 Å². The number of carboxylic acids is 1. The molecule has 0 aliphatic heterocycles. The molecule has 5 nitrogen and oxygen atoms in total. The first-order valence-electron chi connectivity index (χ1n) is 5.20. The van der Waals surface area contributed by atoms with Gasteiger partial charge in [-0.15, -0.1) is 0 Å². The van der Waals surface area contributed by atoms with E-state index >= 15 is 0 Å². The van der Waals surface area contributed by atoms with E-state index in [1.54, 1.807) is 12.1 Å². The Labute approximate surface area is 103 Å². The van der Waals surface area contributed by atoms with Crippen LogP contribution in [-0.4, -0.2) is 25.3 Å². The number of ether oxygens (including phenoxy) is 2. The summed E-state index contributed by atoms with van der Waals surface area (Å²) in [5.74, 6) is 0.0567. The van der Waals surface area contributed by atoms with Gasteiger partial charge in [0.05, 0.1) is 25.9 Å². The number of rotatable bonds is 4. The predicted molar refractivity (Wildman–Crippen MR) is 66.0 cm³/mol. The van der Waals surface area contributed by atoms with E-state index < -0.39 is 5.97 Å². The molecule has 0 fully saturated rings. The maximum Gasteiger partial charge on any atom is 0.328 e. The van der Waals surface area contributed by atoms with E-state index in [2.05, 4.69) is 0 Å². The molecule has 0 bridgehead atoms. The van der Waals surface area contributed by atoms with Gasteiger partial charge >= 0.3 is 5.97 Å². The molecule has 0 amide bonds. The van der Waals surface area contributed by atoms with Gasteiger partial charge in [-0.2, -0.15) is 0 Å². The highest BCUT2D eigenvalue weighted by molar-refractivity contribution is 5.94. The molecule has 1 aromatic heterocycles. The molecule has 1 aromatic carbocycles. The van der Waals surface area contributed by atoms with Crippen LogP contribution in [-0.2, 0) is 4.79 Å². The molecule has 18 heavy (non-hydrogen) atoms. The summed E-state index contributed by atoms with van der Waals surface area (Å²) >= 11 is 0. The number of benzene rings is 1. The first-order chi connectivity index (χ1) is 8.67. The largest absolute Gasteiger partial charge is 0.495 e. The van der Waals surface area contributed by atoms with Crippen molar-refractivity contribution >= 4 is 23.0 Å². The van der Waals surface area contributed by atoms with Crippen LogP contribution >= 0.6 is 0 Å². The molecule has 1 N–H and O–H groups in total. The van der Waals surface area contributed by atoms with Gasteiger partial charge < -0.3 is 19.0 Å². The number of aliphatic carboxylic acids is 1. The molecule has 94 valence electrons. The third-order valence-electron chi connectivity index (χ3n) is 2.51. The fourth-order valence-corrected chi connectivity index (χ4v) is 1.77. The summed E-state index contributed by atoms with van der Waals surface area (Å²) in [6, 6.07) is 3.42. The van der Waals surface area contributed by atoms with Crippen molar-refractivity contribution in [3.05, 3.63) is 30.0 Å². The Bertz CT molecular complexity index is 609. The molecule has 0 saturated heterocycles. The zero-order chi connectivity index (χ0) is 13.1. The third-order valence-corrected chi connectivity index (χ3v) is 2.51. The van der Waals surface area contributed by atoms with E-state index in [0.29, 0.717) is 22.6 Å². The number of fused-ring (bicyclic) bond motifs is 1. The summed E-state index contributed by atoms with van der Waals surface area (Å²) in [7, 11) is 3.04. The molecule has 0 unspecified atom stereocenters. The van der Waals surface area contributed by atoms with Crippen LogP contribution in [0.4, 0.5) is 0 Å². The molecule has 2 rings (SSSR count). The van der Waals surface area contributed by atoms with Crippen LogP contribution in [0.15, 0.2) is 28.9 Å². The molecule has 0 aliphatic carbocycles. The fourth-order valence-electron chi connectivity index (χ4n) is 1.77. The van der Waals surface area contributed by atoms with E-state index in [0.717, 1.165) is 11.5 Å². The Hall–Kier alpha value is -2.43.